The minimum absolute atomic E-state index is 0.909. The largest absolute Gasteiger partial charge is 0.456 e. The second-order valence-electron chi connectivity index (χ2n) is 9.45. The van der Waals surface area contributed by atoms with Gasteiger partial charge < -0.3 is 4.42 Å². The van der Waals surface area contributed by atoms with Crippen molar-refractivity contribution in [3.8, 4) is 22.3 Å². The number of rotatable bonds is 4. The van der Waals surface area contributed by atoms with Gasteiger partial charge in [0.15, 0.2) is 0 Å². The number of furan rings is 1. The second kappa shape index (κ2) is 8.55. The number of hydrogen-bond donors (Lipinski definition) is 0. The van der Waals surface area contributed by atoms with Gasteiger partial charge >= 0.3 is 0 Å². The van der Waals surface area contributed by atoms with Crippen molar-refractivity contribution in [2.45, 2.75) is 6.42 Å². The van der Waals surface area contributed by atoms with E-state index in [4.69, 9.17) is 4.42 Å². The minimum atomic E-state index is 0.909. The Balaban J connectivity index is 1.21. The smallest absolute Gasteiger partial charge is 0.136 e. The van der Waals surface area contributed by atoms with Crippen LogP contribution in [0.25, 0.3) is 55.0 Å². The van der Waals surface area contributed by atoms with Crippen LogP contribution in [0.2, 0.25) is 0 Å². The molecule has 0 saturated carbocycles. The summed E-state index contributed by atoms with van der Waals surface area (Å²) in [4.78, 5) is 0. The highest BCUT2D eigenvalue weighted by atomic mass is 16.3. The van der Waals surface area contributed by atoms with Gasteiger partial charge in [0.25, 0.3) is 0 Å². The zero-order valence-corrected chi connectivity index (χ0v) is 19.8. The Morgan fingerprint density at radius 3 is 1.86 bits per heavy atom. The first kappa shape index (κ1) is 20.7. The standard InChI is InChI=1S/C35H24O/c1-2-8-26(9-3-1)27-15-13-24(14-16-27)19-25-7-6-12-28(20-25)31-17-18-34-32(22-31)33-21-29-10-4-5-11-30(29)23-35(33)36-34/h1-18,20-23H,19H2. The molecule has 6 aromatic carbocycles. The van der Waals surface area contributed by atoms with Crippen LogP contribution in [0.5, 0.6) is 0 Å². The fraction of sp³-hybridized carbons (Fsp3) is 0.0286. The first-order valence-corrected chi connectivity index (χ1v) is 12.4. The van der Waals surface area contributed by atoms with E-state index >= 15 is 0 Å². The van der Waals surface area contributed by atoms with Crippen LogP contribution in [0.4, 0.5) is 0 Å². The van der Waals surface area contributed by atoms with Crippen LogP contribution < -0.4 is 0 Å². The highest BCUT2D eigenvalue weighted by Gasteiger charge is 2.10. The lowest BCUT2D eigenvalue weighted by atomic mass is 9.97. The van der Waals surface area contributed by atoms with Gasteiger partial charge in [-0.3, -0.25) is 0 Å². The second-order valence-corrected chi connectivity index (χ2v) is 9.45. The maximum absolute atomic E-state index is 6.20. The normalized spacial score (nSPS) is 11.4. The molecular weight excluding hydrogens is 436 g/mol. The van der Waals surface area contributed by atoms with E-state index in [1.54, 1.807) is 0 Å². The predicted octanol–water partition coefficient (Wildman–Crippen LogP) is 9.66. The monoisotopic (exact) mass is 460 g/mol. The third kappa shape index (κ3) is 3.76. The Labute approximate surface area is 210 Å². The highest BCUT2D eigenvalue weighted by molar-refractivity contribution is 6.10. The molecule has 0 spiro atoms. The molecule has 0 N–H and O–H groups in total. The van der Waals surface area contributed by atoms with Crippen LogP contribution in [0.3, 0.4) is 0 Å². The minimum Gasteiger partial charge on any atom is -0.456 e. The average molecular weight is 461 g/mol. The number of fused-ring (bicyclic) bond motifs is 4. The molecule has 0 amide bonds. The molecular formula is C35H24O. The molecule has 0 aliphatic carbocycles. The molecule has 7 aromatic rings. The first-order valence-electron chi connectivity index (χ1n) is 12.4. The molecule has 0 saturated heterocycles. The van der Waals surface area contributed by atoms with Crippen molar-refractivity contribution in [1.29, 1.82) is 0 Å². The van der Waals surface area contributed by atoms with Crippen molar-refractivity contribution in [1.82, 2.24) is 0 Å². The molecule has 0 radical (unpaired) electrons. The van der Waals surface area contributed by atoms with Crippen LogP contribution in [-0.4, -0.2) is 0 Å². The van der Waals surface area contributed by atoms with E-state index in [0.717, 1.165) is 23.0 Å². The Morgan fingerprint density at radius 2 is 1.03 bits per heavy atom. The van der Waals surface area contributed by atoms with Gasteiger partial charge in [-0.05, 0) is 74.8 Å². The van der Waals surface area contributed by atoms with E-state index in [9.17, 15) is 0 Å². The Hall–Kier alpha value is -4.62. The summed E-state index contributed by atoms with van der Waals surface area (Å²) in [5, 5.41) is 4.77. The van der Waals surface area contributed by atoms with Crippen molar-refractivity contribution in [2.75, 3.05) is 0 Å². The molecule has 7 rings (SSSR count). The Bertz CT molecular complexity index is 1840. The molecule has 1 nitrogen and oxygen atoms in total. The molecule has 0 bridgehead atoms. The number of benzene rings is 6. The highest BCUT2D eigenvalue weighted by Crippen LogP contribution is 2.35. The molecule has 170 valence electrons. The zero-order valence-electron chi connectivity index (χ0n) is 19.8. The van der Waals surface area contributed by atoms with Gasteiger partial charge in [-0.2, -0.15) is 0 Å². The summed E-state index contributed by atoms with van der Waals surface area (Å²) < 4.78 is 6.20. The van der Waals surface area contributed by atoms with Crippen LogP contribution in [0.15, 0.2) is 138 Å². The van der Waals surface area contributed by atoms with Gasteiger partial charge in [0.1, 0.15) is 11.2 Å². The molecule has 1 heterocycles. The van der Waals surface area contributed by atoms with E-state index in [2.05, 4.69) is 133 Å². The maximum Gasteiger partial charge on any atom is 0.136 e. The molecule has 0 fully saturated rings. The van der Waals surface area contributed by atoms with Gasteiger partial charge in [0.2, 0.25) is 0 Å². The third-order valence-electron chi connectivity index (χ3n) is 7.07. The van der Waals surface area contributed by atoms with Gasteiger partial charge in [0.05, 0.1) is 0 Å². The van der Waals surface area contributed by atoms with E-state index in [1.807, 2.05) is 0 Å². The van der Waals surface area contributed by atoms with Crippen LogP contribution in [0.1, 0.15) is 11.1 Å². The van der Waals surface area contributed by atoms with Gasteiger partial charge in [-0.1, -0.05) is 109 Å². The SMILES string of the molecule is c1ccc(-c2ccc(Cc3cccc(-c4ccc5oc6cc7ccccc7cc6c5c4)c3)cc2)cc1. The lowest BCUT2D eigenvalue weighted by Gasteiger charge is -2.08. The van der Waals surface area contributed by atoms with Crippen LogP contribution >= 0.6 is 0 Å². The lowest BCUT2D eigenvalue weighted by molar-refractivity contribution is 0.669. The van der Waals surface area contributed by atoms with E-state index in [-0.39, 0.29) is 0 Å². The van der Waals surface area contributed by atoms with Gasteiger partial charge in [0, 0.05) is 10.8 Å². The Kier molecular flexibility index (Phi) is 4.92. The zero-order chi connectivity index (χ0) is 23.9. The topological polar surface area (TPSA) is 13.1 Å². The van der Waals surface area contributed by atoms with Crippen molar-refractivity contribution < 1.29 is 4.42 Å². The van der Waals surface area contributed by atoms with Crippen LogP contribution in [-0.2, 0) is 6.42 Å². The maximum atomic E-state index is 6.20. The summed E-state index contributed by atoms with van der Waals surface area (Å²) in [5.41, 5.74) is 9.43. The third-order valence-corrected chi connectivity index (χ3v) is 7.07. The van der Waals surface area contributed by atoms with Crippen molar-refractivity contribution in [2.24, 2.45) is 0 Å². The summed E-state index contributed by atoms with van der Waals surface area (Å²) in [6.45, 7) is 0. The molecule has 1 aromatic heterocycles. The average Bonchev–Trinajstić information content (AvgIpc) is 3.29. The molecule has 0 aliphatic heterocycles. The summed E-state index contributed by atoms with van der Waals surface area (Å²) in [5.74, 6) is 0. The molecule has 1 heteroatoms. The van der Waals surface area contributed by atoms with Crippen molar-refractivity contribution >= 4 is 32.7 Å². The summed E-state index contributed by atoms with van der Waals surface area (Å²) in [6.07, 6.45) is 0.909. The molecule has 36 heavy (non-hydrogen) atoms. The fourth-order valence-electron chi connectivity index (χ4n) is 5.18. The van der Waals surface area contributed by atoms with Gasteiger partial charge in [-0.15, -0.1) is 0 Å². The van der Waals surface area contributed by atoms with Crippen molar-refractivity contribution in [3.05, 3.63) is 145 Å². The van der Waals surface area contributed by atoms with E-state index in [1.165, 1.54) is 49.5 Å². The summed E-state index contributed by atoms with van der Waals surface area (Å²) in [6, 6.07) is 47.7. The van der Waals surface area contributed by atoms with Crippen LogP contribution in [0, 0.1) is 0 Å². The summed E-state index contributed by atoms with van der Waals surface area (Å²) in [7, 11) is 0. The molecule has 0 unspecified atom stereocenters. The summed E-state index contributed by atoms with van der Waals surface area (Å²) >= 11 is 0. The number of hydrogen-bond acceptors (Lipinski definition) is 1. The van der Waals surface area contributed by atoms with E-state index in [0.29, 0.717) is 0 Å². The predicted molar refractivity (Wildman–Crippen MR) is 151 cm³/mol. The molecule has 0 atom stereocenters. The van der Waals surface area contributed by atoms with Crippen molar-refractivity contribution in [3.63, 3.8) is 0 Å². The van der Waals surface area contributed by atoms with E-state index < -0.39 is 0 Å². The quantitative estimate of drug-likeness (QED) is 0.255. The lowest BCUT2D eigenvalue weighted by Crippen LogP contribution is -1.89. The first-order chi connectivity index (χ1) is 17.8. The fourth-order valence-corrected chi connectivity index (χ4v) is 5.18. The van der Waals surface area contributed by atoms with Gasteiger partial charge in [-0.25, -0.2) is 0 Å². The Morgan fingerprint density at radius 1 is 0.389 bits per heavy atom. The molecule has 0 aliphatic rings.